The summed E-state index contributed by atoms with van der Waals surface area (Å²) in [6.07, 6.45) is 2.95. The Morgan fingerprint density at radius 3 is 2.82 bits per heavy atom. The van der Waals surface area contributed by atoms with Crippen LogP contribution in [0.25, 0.3) is 10.9 Å². The normalized spacial score (nSPS) is 11.6. The first-order chi connectivity index (χ1) is 8.03. The van der Waals surface area contributed by atoms with Crippen LogP contribution in [0.2, 0.25) is 0 Å². The first-order valence-corrected chi connectivity index (χ1v) is 6.47. The zero-order chi connectivity index (χ0) is 12.5. The number of nitrogens with zero attached hydrogens (tertiary/aromatic N) is 2. The van der Waals surface area contributed by atoms with Crippen molar-refractivity contribution in [1.29, 1.82) is 5.26 Å². The van der Waals surface area contributed by atoms with Crippen molar-refractivity contribution in [2.24, 2.45) is 5.41 Å². The van der Waals surface area contributed by atoms with Crippen molar-refractivity contribution in [2.75, 3.05) is 0 Å². The predicted octanol–water partition coefficient (Wildman–Crippen LogP) is 4.34. The molecule has 0 atom stereocenters. The van der Waals surface area contributed by atoms with Gasteiger partial charge >= 0.3 is 0 Å². The maximum Gasteiger partial charge on any atom is 0.0684 e. The molecule has 1 aromatic heterocycles. The van der Waals surface area contributed by atoms with Gasteiger partial charge in [0, 0.05) is 28.1 Å². The van der Waals surface area contributed by atoms with E-state index in [4.69, 9.17) is 5.26 Å². The summed E-state index contributed by atoms with van der Waals surface area (Å²) in [7, 11) is 0. The lowest BCUT2D eigenvalue weighted by atomic mass is 9.91. The van der Waals surface area contributed by atoms with E-state index in [-0.39, 0.29) is 5.41 Å². The summed E-state index contributed by atoms with van der Waals surface area (Å²) in [6, 6.07) is 10.6. The van der Waals surface area contributed by atoms with Crippen molar-refractivity contribution < 1.29 is 0 Å². The smallest absolute Gasteiger partial charge is 0.0684 e. The summed E-state index contributed by atoms with van der Waals surface area (Å²) in [5.74, 6) is 0. The second-order valence-corrected chi connectivity index (χ2v) is 5.78. The number of halogens is 1. The van der Waals surface area contributed by atoms with E-state index in [0.29, 0.717) is 0 Å². The monoisotopic (exact) mass is 290 g/mol. The van der Waals surface area contributed by atoms with Gasteiger partial charge in [0.25, 0.3) is 0 Å². The van der Waals surface area contributed by atoms with Crippen LogP contribution in [0.1, 0.15) is 20.3 Å². The molecule has 0 saturated heterocycles. The average molecular weight is 291 g/mol. The van der Waals surface area contributed by atoms with Crippen molar-refractivity contribution >= 4 is 26.8 Å². The van der Waals surface area contributed by atoms with E-state index < -0.39 is 0 Å². The van der Waals surface area contributed by atoms with E-state index in [1.54, 1.807) is 0 Å². The van der Waals surface area contributed by atoms with Crippen LogP contribution in [0.4, 0.5) is 0 Å². The van der Waals surface area contributed by atoms with E-state index in [1.165, 1.54) is 10.9 Å². The van der Waals surface area contributed by atoms with E-state index >= 15 is 0 Å². The topological polar surface area (TPSA) is 28.7 Å². The number of hydrogen-bond donors (Lipinski definition) is 0. The summed E-state index contributed by atoms with van der Waals surface area (Å²) >= 11 is 3.55. The summed E-state index contributed by atoms with van der Waals surface area (Å²) < 4.78 is 3.33. The minimum absolute atomic E-state index is 0.261. The lowest BCUT2D eigenvalue weighted by Gasteiger charge is -2.15. The number of aryl methyl sites for hydroxylation is 1. The maximum absolute atomic E-state index is 9.01. The van der Waals surface area contributed by atoms with E-state index in [1.807, 2.05) is 26.0 Å². The third kappa shape index (κ3) is 2.53. The van der Waals surface area contributed by atoms with Gasteiger partial charge in [-0.1, -0.05) is 22.0 Å². The van der Waals surface area contributed by atoms with Gasteiger partial charge in [-0.3, -0.25) is 0 Å². The van der Waals surface area contributed by atoms with Crippen LogP contribution in [0, 0.1) is 16.7 Å². The number of benzene rings is 1. The van der Waals surface area contributed by atoms with Gasteiger partial charge in [0.05, 0.1) is 11.5 Å². The molecular weight excluding hydrogens is 276 g/mol. The first-order valence-electron chi connectivity index (χ1n) is 5.68. The van der Waals surface area contributed by atoms with Gasteiger partial charge in [0.1, 0.15) is 0 Å². The summed E-state index contributed by atoms with van der Waals surface area (Å²) in [6.45, 7) is 4.84. The minimum Gasteiger partial charge on any atom is -0.347 e. The Hall–Kier alpha value is -1.27. The van der Waals surface area contributed by atoms with Gasteiger partial charge in [-0.15, -0.1) is 0 Å². The fourth-order valence-electron chi connectivity index (χ4n) is 1.84. The quantitative estimate of drug-likeness (QED) is 0.826. The second kappa shape index (κ2) is 4.54. The van der Waals surface area contributed by atoms with Crippen LogP contribution < -0.4 is 0 Å². The number of aromatic nitrogens is 1. The Morgan fingerprint density at radius 2 is 2.12 bits per heavy atom. The zero-order valence-corrected chi connectivity index (χ0v) is 11.7. The molecule has 0 bridgehead atoms. The molecule has 88 valence electrons. The summed E-state index contributed by atoms with van der Waals surface area (Å²) in [4.78, 5) is 0. The fraction of sp³-hybridized carbons (Fsp3) is 0.357. The molecule has 1 aromatic carbocycles. The Kier molecular flexibility index (Phi) is 3.26. The molecular formula is C14H15BrN2. The van der Waals surface area contributed by atoms with Crippen molar-refractivity contribution in [2.45, 2.75) is 26.8 Å². The number of nitriles is 1. The standard InChI is InChI=1S/C14H15BrN2/c1-14(2,10-16)7-9-17-8-6-11-12(15)4-3-5-13(11)17/h3-6,8H,7,9H2,1-2H3. The third-order valence-electron chi connectivity index (χ3n) is 3.04. The highest BCUT2D eigenvalue weighted by molar-refractivity contribution is 9.10. The van der Waals surface area contributed by atoms with Gasteiger partial charge < -0.3 is 4.57 Å². The van der Waals surface area contributed by atoms with Crippen LogP contribution in [-0.4, -0.2) is 4.57 Å². The fourth-order valence-corrected chi connectivity index (χ4v) is 2.32. The van der Waals surface area contributed by atoms with Crippen LogP contribution in [0.5, 0.6) is 0 Å². The van der Waals surface area contributed by atoms with Gasteiger partial charge in [-0.2, -0.15) is 5.26 Å². The highest BCUT2D eigenvalue weighted by Crippen LogP contribution is 2.26. The van der Waals surface area contributed by atoms with Crippen LogP contribution in [0.15, 0.2) is 34.9 Å². The zero-order valence-electron chi connectivity index (χ0n) is 10.1. The number of fused-ring (bicyclic) bond motifs is 1. The molecule has 0 aliphatic carbocycles. The molecule has 3 heteroatoms. The molecule has 0 N–H and O–H groups in total. The summed E-state index contributed by atoms with van der Waals surface area (Å²) in [5.41, 5.74) is 0.955. The van der Waals surface area contributed by atoms with Gasteiger partial charge in [0.2, 0.25) is 0 Å². The second-order valence-electron chi connectivity index (χ2n) is 4.93. The highest BCUT2D eigenvalue weighted by atomic mass is 79.9. The van der Waals surface area contributed by atoms with E-state index in [2.05, 4.69) is 44.9 Å². The predicted molar refractivity (Wildman–Crippen MR) is 73.6 cm³/mol. The lowest BCUT2D eigenvalue weighted by Crippen LogP contribution is -2.11. The maximum atomic E-state index is 9.01. The van der Waals surface area contributed by atoms with Crippen LogP contribution >= 0.6 is 15.9 Å². The average Bonchev–Trinajstić information content (AvgIpc) is 2.71. The largest absolute Gasteiger partial charge is 0.347 e. The van der Waals surface area contributed by atoms with Gasteiger partial charge in [-0.25, -0.2) is 0 Å². The molecule has 0 unspecified atom stereocenters. The lowest BCUT2D eigenvalue weighted by molar-refractivity contribution is 0.417. The Morgan fingerprint density at radius 1 is 1.35 bits per heavy atom. The van der Waals surface area contributed by atoms with Gasteiger partial charge in [0.15, 0.2) is 0 Å². The van der Waals surface area contributed by atoms with Crippen LogP contribution in [0.3, 0.4) is 0 Å². The molecule has 2 aromatic rings. The van der Waals surface area contributed by atoms with Gasteiger partial charge in [-0.05, 0) is 38.5 Å². The van der Waals surface area contributed by atoms with Crippen molar-refractivity contribution in [3.05, 3.63) is 34.9 Å². The van der Waals surface area contributed by atoms with E-state index in [9.17, 15) is 0 Å². The molecule has 1 heterocycles. The molecule has 0 spiro atoms. The SMILES string of the molecule is CC(C)(C#N)CCn1ccc2c(Br)cccc21. The molecule has 0 radical (unpaired) electrons. The molecule has 17 heavy (non-hydrogen) atoms. The van der Waals surface area contributed by atoms with E-state index in [0.717, 1.165) is 17.4 Å². The molecule has 2 nitrogen and oxygen atoms in total. The van der Waals surface area contributed by atoms with Crippen LogP contribution in [-0.2, 0) is 6.54 Å². The summed E-state index contributed by atoms with van der Waals surface area (Å²) in [5, 5.41) is 10.2. The van der Waals surface area contributed by atoms with Crippen molar-refractivity contribution in [3.8, 4) is 6.07 Å². The number of hydrogen-bond acceptors (Lipinski definition) is 1. The Balaban J connectivity index is 2.27. The molecule has 0 aliphatic rings. The number of rotatable bonds is 3. The Bertz CT molecular complexity index is 575. The Labute approximate surface area is 110 Å². The highest BCUT2D eigenvalue weighted by Gasteiger charge is 2.16. The first kappa shape index (κ1) is 12.2. The molecule has 2 rings (SSSR count). The van der Waals surface area contributed by atoms with Crippen molar-refractivity contribution in [1.82, 2.24) is 4.57 Å². The molecule has 0 saturated carbocycles. The van der Waals surface area contributed by atoms with Crippen molar-refractivity contribution in [3.63, 3.8) is 0 Å². The molecule has 0 aliphatic heterocycles. The third-order valence-corrected chi connectivity index (χ3v) is 3.73. The minimum atomic E-state index is -0.261. The molecule has 0 amide bonds. The molecule has 0 fully saturated rings.